The first-order chi connectivity index (χ1) is 17.7. The van der Waals surface area contributed by atoms with E-state index in [1.165, 1.54) is 46.4 Å². The van der Waals surface area contributed by atoms with E-state index in [1.807, 2.05) is 6.20 Å². The molecule has 7 heteroatoms. The Morgan fingerprint density at radius 2 is 1.53 bits per heavy atom. The Kier molecular flexibility index (Phi) is 5.49. The van der Waals surface area contributed by atoms with Crippen molar-refractivity contribution in [2.45, 2.75) is 50.9 Å². The average Bonchev–Trinajstić information content (AvgIpc) is 3.70. The molecule has 36 heavy (non-hydrogen) atoms. The standard InChI is InChI=1S/C29H33N7/c1-36-16-21-14-20(10-11-22(21)27-26(17-36)34-29(35-27)24-5-3-13-31-24)18-6-8-19(9-7-18)25-15-32-28(33-25)23-4-2-12-30-23/h6-11,14-15,23-24,30-31H,2-5,12-13,16-17H2,1H3,(H,32,33)(H,34,35)/t23-,24-/m0/s1. The molecule has 4 aromatic rings. The van der Waals surface area contributed by atoms with Crippen LogP contribution in [0.25, 0.3) is 33.6 Å². The maximum absolute atomic E-state index is 5.09. The van der Waals surface area contributed by atoms with Crippen LogP contribution in [-0.4, -0.2) is 45.0 Å². The molecule has 3 aliphatic rings. The zero-order valence-electron chi connectivity index (χ0n) is 20.8. The number of hydrogen-bond donors (Lipinski definition) is 4. The van der Waals surface area contributed by atoms with Gasteiger partial charge in [0.2, 0.25) is 0 Å². The monoisotopic (exact) mass is 479 g/mol. The molecule has 2 saturated heterocycles. The van der Waals surface area contributed by atoms with Gasteiger partial charge in [-0.3, -0.25) is 4.90 Å². The number of aromatic nitrogens is 4. The number of fused-ring (bicyclic) bond motifs is 3. The molecule has 0 bridgehead atoms. The van der Waals surface area contributed by atoms with Crippen LogP contribution in [0.1, 0.15) is 60.7 Å². The quantitative estimate of drug-likeness (QED) is 0.334. The first kappa shape index (κ1) is 22.0. The molecule has 7 nitrogen and oxygen atoms in total. The van der Waals surface area contributed by atoms with Crippen LogP contribution in [0.15, 0.2) is 48.7 Å². The van der Waals surface area contributed by atoms with Crippen LogP contribution in [0.4, 0.5) is 0 Å². The Hall–Kier alpha value is -3.26. The van der Waals surface area contributed by atoms with E-state index >= 15 is 0 Å². The highest BCUT2D eigenvalue weighted by atomic mass is 15.1. The minimum Gasteiger partial charge on any atom is -0.343 e. The van der Waals surface area contributed by atoms with E-state index < -0.39 is 0 Å². The fraction of sp³-hybridized carbons (Fsp3) is 0.379. The van der Waals surface area contributed by atoms with Crippen LogP contribution in [0.3, 0.4) is 0 Å². The maximum Gasteiger partial charge on any atom is 0.124 e. The number of rotatable bonds is 4. The fourth-order valence-corrected chi connectivity index (χ4v) is 6.02. The first-order valence-corrected chi connectivity index (χ1v) is 13.2. The number of benzene rings is 2. The van der Waals surface area contributed by atoms with Gasteiger partial charge in [0.05, 0.1) is 35.4 Å². The van der Waals surface area contributed by atoms with E-state index in [1.54, 1.807) is 0 Å². The van der Waals surface area contributed by atoms with Crippen molar-refractivity contribution < 1.29 is 0 Å². The number of hydrogen-bond acceptors (Lipinski definition) is 5. The number of nitrogens with zero attached hydrogens (tertiary/aromatic N) is 3. The summed E-state index contributed by atoms with van der Waals surface area (Å²) in [4.78, 5) is 19.3. The third kappa shape index (κ3) is 3.97. The van der Waals surface area contributed by atoms with E-state index in [4.69, 9.17) is 4.98 Å². The molecule has 2 aromatic heterocycles. The zero-order valence-corrected chi connectivity index (χ0v) is 20.8. The lowest BCUT2D eigenvalue weighted by molar-refractivity contribution is 0.319. The minimum absolute atomic E-state index is 0.351. The van der Waals surface area contributed by atoms with Gasteiger partial charge in [0.15, 0.2) is 0 Å². The lowest BCUT2D eigenvalue weighted by Gasteiger charge is -2.15. The van der Waals surface area contributed by atoms with Gasteiger partial charge in [0, 0.05) is 18.7 Å². The summed E-state index contributed by atoms with van der Waals surface area (Å²) < 4.78 is 0. The van der Waals surface area contributed by atoms with Crippen LogP contribution in [0.5, 0.6) is 0 Å². The number of imidazole rings is 2. The molecular weight excluding hydrogens is 446 g/mol. The zero-order chi connectivity index (χ0) is 24.1. The SMILES string of the molecule is CN1Cc2cc(-c3ccc(-c4cnc([C@@H]5CCCN5)[nH]4)cc3)ccc2-c2nc([C@@H]3CCCN3)[nH]c2C1. The van der Waals surface area contributed by atoms with E-state index in [2.05, 4.69) is 80.0 Å². The van der Waals surface area contributed by atoms with Crippen molar-refractivity contribution in [1.82, 2.24) is 35.5 Å². The fourth-order valence-electron chi connectivity index (χ4n) is 6.02. The van der Waals surface area contributed by atoms with Gasteiger partial charge in [-0.15, -0.1) is 0 Å². The van der Waals surface area contributed by atoms with Crippen LogP contribution < -0.4 is 10.6 Å². The molecule has 2 aromatic carbocycles. The highest BCUT2D eigenvalue weighted by molar-refractivity contribution is 5.75. The molecule has 7 rings (SSSR count). The van der Waals surface area contributed by atoms with Crippen molar-refractivity contribution in [2.24, 2.45) is 0 Å². The molecule has 0 aliphatic carbocycles. The summed E-state index contributed by atoms with van der Waals surface area (Å²) in [6.07, 6.45) is 6.69. The molecule has 0 radical (unpaired) electrons. The van der Waals surface area contributed by atoms with Gasteiger partial charge in [-0.25, -0.2) is 9.97 Å². The molecule has 3 aliphatic heterocycles. The van der Waals surface area contributed by atoms with E-state index in [9.17, 15) is 0 Å². The molecule has 0 spiro atoms. The second-order valence-corrected chi connectivity index (χ2v) is 10.6. The van der Waals surface area contributed by atoms with Crippen molar-refractivity contribution in [3.63, 3.8) is 0 Å². The second-order valence-electron chi connectivity index (χ2n) is 10.6. The van der Waals surface area contributed by atoms with Crippen LogP contribution >= 0.6 is 0 Å². The summed E-state index contributed by atoms with van der Waals surface area (Å²) in [6.45, 7) is 3.95. The van der Waals surface area contributed by atoms with Crippen molar-refractivity contribution in [1.29, 1.82) is 0 Å². The Bertz CT molecular complexity index is 1370. The van der Waals surface area contributed by atoms with Crippen molar-refractivity contribution in [2.75, 3.05) is 20.1 Å². The largest absolute Gasteiger partial charge is 0.343 e. The summed E-state index contributed by atoms with van der Waals surface area (Å²) in [6, 6.07) is 16.4. The maximum atomic E-state index is 5.09. The second kappa shape index (κ2) is 9.00. The third-order valence-electron chi connectivity index (χ3n) is 7.93. The predicted octanol–water partition coefficient (Wildman–Crippen LogP) is 4.93. The summed E-state index contributed by atoms with van der Waals surface area (Å²) in [5.41, 5.74) is 9.63. The molecule has 2 fully saturated rings. The van der Waals surface area contributed by atoms with Gasteiger partial charge in [-0.1, -0.05) is 36.4 Å². The van der Waals surface area contributed by atoms with Gasteiger partial charge < -0.3 is 20.6 Å². The number of nitrogens with one attached hydrogen (secondary N) is 4. The Morgan fingerprint density at radius 1 is 0.806 bits per heavy atom. The lowest BCUT2D eigenvalue weighted by Crippen LogP contribution is -2.17. The molecule has 184 valence electrons. The topological polar surface area (TPSA) is 84.7 Å². The summed E-state index contributed by atoms with van der Waals surface area (Å²) >= 11 is 0. The lowest BCUT2D eigenvalue weighted by atomic mass is 9.96. The van der Waals surface area contributed by atoms with Crippen LogP contribution in [0, 0.1) is 0 Å². The summed E-state index contributed by atoms with van der Waals surface area (Å²) in [7, 11) is 2.19. The Balaban J connectivity index is 1.17. The van der Waals surface area contributed by atoms with Crippen molar-refractivity contribution >= 4 is 0 Å². The van der Waals surface area contributed by atoms with Gasteiger partial charge in [0.25, 0.3) is 0 Å². The molecule has 2 atom stereocenters. The van der Waals surface area contributed by atoms with Crippen LogP contribution in [-0.2, 0) is 13.1 Å². The van der Waals surface area contributed by atoms with Gasteiger partial charge in [-0.2, -0.15) is 0 Å². The normalized spacial score (nSPS) is 21.9. The highest BCUT2D eigenvalue weighted by Gasteiger charge is 2.26. The first-order valence-electron chi connectivity index (χ1n) is 13.2. The van der Waals surface area contributed by atoms with Gasteiger partial charge >= 0.3 is 0 Å². The summed E-state index contributed by atoms with van der Waals surface area (Å²) in [5, 5.41) is 7.09. The molecule has 0 saturated carbocycles. The molecule has 0 amide bonds. The average molecular weight is 480 g/mol. The Morgan fingerprint density at radius 3 is 2.28 bits per heavy atom. The number of aromatic amines is 2. The third-order valence-corrected chi connectivity index (χ3v) is 7.93. The minimum atomic E-state index is 0.351. The van der Waals surface area contributed by atoms with Crippen molar-refractivity contribution in [3.05, 3.63) is 71.6 Å². The van der Waals surface area contributed by atoms with E-state index in [-0.39, 0.29) is 0 Å². The van der Waals surface area contributed by atoms with Gasteiger partial charge in [0.1, 0.15) is 11.6 Å². The Labute approximate surface area is 211 Å². The predicted molar refractivity (Wildman–Crippen MR) is 142 cm³/mol. The molecular formula is C29H33N7. The summed E-state index contributed by atoms with van der Waals surface area (Å²) in [5.74, 6) is 2.13. The molecule has 4 N–H and O–H groups in total. The highest BCUT2D eigenvalue weighted by Crippen LogP contribution is 2.36. The number of H-pyrrole nitrogens is 2. The van der Waals surface area contributed by atoms with E-state index in [0.717, 1.165) is 62.1 Å². The smallest absolute Gasteiger partial charge is 0.124 e. The van der Waals surface area contributed by atoms with Crippen LogP contribution in [0.2, 0.25) is 0 Å². The van der Waals surface area contributed by atoms with Crippen molar-refractivity contribution in [3.8, 4) is 33.6 Å². The molecule has 0 unspecified atom stereocenters. The van der Waals surface area contributed by atoms with E-state index in [0.29, 0.717) is 12.1 Å². The van der Waals surface area contributed by atoms with Gasteiger partial charge in [-0.05, 0) is 74.1 Å². The molecule has 5 heterocycles.